The number of carbonyl (C=O) groups excluding carboxylic acids is 2. The van der Waals surface area contributed by atoms with E-state index in [-0.39, 0.29) is 17.7 Å². The van der Waals surface area contributed by atoms with Crippen LogP contribution in [0.2, 0.25) is 0 Å². The van der Waals surface area contributed by atoms with Crippen LogP contribution in [0.25, 0.3) is 0 Å². The van der Waals surface area contributed by atoms with E-state index in [0.29, 0.717) is 6.42 Å². The van der Waals surface area contributed by atoms with Gasteiger partial charge in [0, 0.05) is 12.3 Å². The molecule has 1 rings (SSSR count). The second-order valence-corrected chi connectivity index (χ2v) is 2.02. The summed E-state index contributed by atoms with van der Waals surface area (Å²) in [6, 6.07) is 0. The largest absolute Gasteiger partial charge is 0.296 e. The van der Waals surface area contributed by atoms with Crippen molar-refractivity contribution in [3.8, 4) is 0 Å². The summed E-state index contributed by atoms with van der Waals surface area (Å²) in [6.45, 7) is 1.74. The molecule has 0 radical (unpaired) electrons. The highest BCUT2D eigenvalue weighted by atomic mass is 16.2. The minimum Gasteiger partial charge on any atom is -0.296 e. The molecule has 1 aliphatic heterocycles. The predicted octanol–water partition coefficient (Wildman–Crippen LogP) is -0.331. The molecule has 0 aromatic rings. The molecular formula is C5H7NO2. The van der Waals surface area contributed by atoms with Gasteiger partial charge in [0.15, 0.2) is 0 Å². The lowest BCUT2D eigenvalue weighted by atomic mass is 10.1. The standard InChI is InChI=1S/C5H7NO2/c1-3-2-4(7)6-5(3)8/h3H,2H2,1H3,(H,6,7,8). The van der Waals surface area contributed by atoms with Gasteiger partial charge in [0.05, 0.1) is 0 Å². The van der Waals surface area contributed by atoms with Gasteiger partial charge in [0.2, 0.25) is 11.8 Å². The molecule has 0 aliphatic carbocycles. The second-order valence-electron chi connectivity index (χ2n) is 2.02. The zero-order valence-electron chi connectivity index (χ0n) is 4.60. The third kappa shape index (κ3) is 0.710. The lowest BCUT2D eigenvalue weighted by Gasteiger charge is -1.88. The summed E-state index contributed by atoms with van der Waals surface area (Å²) < 4.78 is 0. The fourth-order valence-electron chi connectivity index (χ4n) is 0.682. The Hall–Kier alpha value is -0.860. The first-order chi connectivity index (χ1) is 3.70. The highest BCUT2D eigenvalue weighted by Crippen LogP contribution is 2.07. The molecule has 1 atom stereocenters. The Morgan fingerprint density at radius 1 is 1.62 bits per heavy atom. The van der Waals surface area contributed by atoms with Crippen LogP contribution in [0.15, 0.2) is 0 Å². The first kappa shape index (κ1) is 5.28. The van der Waals surface area contributed by atoms with Gasteiger partial charge in [-0.25, -0.2) is 0 Å². The van der Waals surface area contributed by atoms with E-state index in [1.54, 1.807) is 6.92 Å². The van der Waals surface area contributed by atoms with Crippen LogP contribution in [0.1, 0.15) is 13.3 Å². The third-order valence-corrected chi connectivity index (χ3v) is 1.20. The molecule has 0 bridgehead atoms. The molecule has 0 spiro atoms. The monoisotopic (exact) mass is 113 g/mol. The van der Waals surface area contributed by atoms with Crippen molar-refractivity contribution >= 4 is 11.8 Å². The van der Waals surface area contributed by atoms with Crippen LogP contribution in [-0.4, -0.2) is 11.8 Å². The Kier molecular flexibility index (Phi) is 1.04. The van der Waals surface area contributed by atoms with Gasteiger partial charge in [0.25, 0.3) is 0 Å². The number of imide groups is 1. The molecular weight excluding hydrogens is 106 g/mol. The van der Waals surface area contributed by atoms with Crippen LogP contribution >= 0.6 is 0 Å². The molecule has 1 unspecified atom stereocenters. The Morgan fingerprint density at radius 2 is 2.25 bits per heavy atom. The lowest BCUT2D eigenvalue weighted by Crippen LogP contribution is -2.20. The first-order valence-electron chi connectivity index (χ1n) is 2.54. The van der Waals surface area contributed by atoms with Crippen molar-refractivity contribution in [3.63, 3.8) is 0 Å². The van der Waals surface area contributed by atoms with Crippen LogP contribution in [0, 0.1) is 5.92 Å². The van der Waals surface area contributed by atoms with Gasteiger partial charge in [-0.2, -0.15) is 0 Å². The molecule has 2 amide bonds. The van der Waals surface area contributed by atoms with Crippen LogP contribution in [0.5, 0.6) is 0 Å². The topological polar surface area (TPSA) is 46.2 Å². The first-order valence-corrected chi connectivity index (χ1v) is 2.54. The van der Waals surface area contributed by atoms with E-state index < -0.39 is 0 Å². The van der Waals surface area contributed by atoms with Gasteiger partial charge < -0.3 is 0 Å². The quantitative estimate of drug-likeness (QED) is 0.437. The number of hydrogen-bond donors (Lipinski definition) is 1. The summed E-state index contributed by atoms with van der Waals surface area (Å²) in [4.78, 5) is 20.8. The fraction of sp³-hybridized carbons (Fsp3) is 0.600. The number of rotatable bonds is 0. The van der Waals surface area contributed by atoms with Crippen molar-refractivity contribution in [2.24, 2.45) is 5.92 Å². The number of carbonyl (C=O) groups is 2. The fourth-order valence-corrected chi connectivity index (χ4v) is 0.682. The Labute approximate surface area is 47.1 Å². The SMILES string of the molecule is CC1CC(=O)NC1=O. The van der Waals surface area contributed by atoms with Crippen molar-refractivity contribution in [1.82, 2.24) is 5.32 Å². The van der Waals surface area contributed by atoms with E-state index in [1.165, 1.54) is 0 Å². The summed E-state index contributed by atoms with van der Waals surface area (Å²) in [7, 11) is 0. The normalized spacial score (nSPS) is 28.4. The maximum atomic E-state index is 10.5. The molecule has 1 aliphatic rings. The average Bonchev–Trinajstić information content (AvgIpc) is 1.85. The molecule has 0 aromatic heterocycles. The minimum atomic E-state index is -0.150. The highest BCUT2D eigenvalue weighted by molar-refractivity contribution is 6.03. The van der Waals surface area contributed by atoms with Gasteiger partial charge in [-0.3, -0.25) is 14.9 Å². The zero-order chi connectivity index (χ0) is 6.15. The Bertz CT molecular complexity index is 141. The average molecular weight is 113 g/mol. The van der Waals surface area contributed by atoms with Gasteiger partial charge in [-0.05, 0) is 0 Å². The van der Waals surface area contributed by atoms with Crippen LogP contribution in [0.4, 0.5) is 0 Å². The van der Waals surface area contributed by atoms with E-state index in [9.17, 15) is 9.59 Å². The number of amides is 2. The maximum Gasteiger partial charge on any atom is 0.229 e. The maximum absolute atomic E-state index is 10.5. The third-order valence-electron chi connectivity index (χ3n) is 1.20. The summed E-state index contributed by atoms with van der Waals surface area (Å²) in [5.41, 5.74) is 0. The summed E-state index contributed by atoms with van der Waals surface area (Å²) >= 11 is 0. The molecule has 1 saturated heterocycles. The van der Waals surface area contributed by atoms with Crippen molar-refractivity contribution in [1.29, 1.82) is 0 Å². The van der Waals surface area contributed by atoms with Gasteiger partial charge in [-0.1, -0.05) is 6.92 Å². The van der Waals surface area contributed by atoms with Crippen molar-refractivity contribution in [2.45, 2.75) is 13.3 Å². The summed E-state index contributed by atoms with van der Waals surface area (Å²) in [6.07, 6.45) is 0.360. The summed E-state index contributed by atoms with van der Waals surface area (Å²) in [5.74, 6) is -0.403. The van der Waals surface area contributed by atoms with E-state index in [2.05, 4.69) is 5.32 Å². The summed E-state index contributed by atoms with van der Waals surface area (Å²) in [5, 5.41) is 2.19. The molecule has 1 heterocycles. The van der Waals surface area contributed by atoms with Gasteiger partial charge >= 0.3 is 0 Å². The van der Waals surface area contributed by atoms with Crippen molar-refractivity contribution in [3.05, 3.63) is 0 Å². The lowest BCUT2D eigenvalue weighted by molar-refractivity contribution is -0.125. The molecule has 3 heteroatoms. The molecule has 0 aromatic carbocycles. The van der Waals surface area contributed by atoms with Gasteiger partial charge in [0.1, 0.15) is 0 Å². The predicted molar refractivity (Wildman–Crippen MR) is 26.9 cm³/mol. The number of nitrogens with one attached hydrogen (secondary N) is 1. The molecule has 44 valence electrons. The zero-order valence-corrected chi connectivity index (χ0v) is 4.60. The molecule has 1 N–H and O–H groups in total. The smallest absolute Gasteiger partial charge is 0.229 e. The molecule has 1 fully saturated rings. The second kappa shape index (κ2) is 1.58. The Morgan fingerprint density at radius 3 is 2.38 bits per heavy atom. The van der Waals surface area contributed by atoms with Gasteiger partial charge in [-0.15, -0.1) is 0 Å². The van der Waals surface area contributed by atoms with Crippen LogP contribution in [-0.2, 0) is 9.59 Å². The molecule has 0 saturated carbocycles. The highest BCUT2D eigenvalue weighted by Gasteiger charge is 2.25. The van der Waals surface area contributed by atoms with Crippen molar-refractivity contribution < 1.29 is 9.59 Å². The Balaban J connectivity index is 2.64. The minimum absolute atomic E-state index is 0.109. The van der Waals surface area contributed by atoms with E-state index >= 15 is 0 Å². The molecule has 8 heavy (non-hydrogen) atoms. The van der Waals surface area contributed by atoms with E-state index in [1.807, 2.05) is 0 Å². The molecule has 3 nitrogen and oxygen atoms in total. The van der Waals surface area contributed by atoms with E-state index in [4.69, 9.17) is 0 Å². The number of hydrogen-bond acceptors (Lipinski definition) is 2. The van der Waals surface area contributed by atoms with Crippen molar-refractivity contribution in [2.75, 3.05) is 0 Å². The van der Waals surface area contributed by atoms with Crippen LogP contribution in [0.3, 0.4) is 0 Å². The van der Waals surface area contributed by atoms with Crippen LogP contribution < -0.4 is 5.32 Å². The van der Waals surface area contributed by atoms with E-state index in [0.717, 1.165) is 0 Å².